The van der Waals surface area contributed by atoms with E-state index in [2.05, 4.69) is 143 Å². The number of hydrogen-bond donors (Lipinski definition) is 0. The van der Waals surface area contributed by atoms with Crippen molar-refractivity contribution in [1.82, 2.24) is 0 Å². The summed E-state index contributed by atoms with van der Waals surface area (Å²) in [7, 11) is 0. The summed E-state index contributed by atoms with van der Waals surface area (Å²) in [6.07, 6.45) is 7.05. The molecule has 4 heterocycles. The average molecular weight is 669 g/mol. The second kappa shape index (κ2) is 10.9. The second-order valence-corrected chi connectivity index (χ2v) is 16.8. The van der Waals surface area contributed by atoms with Crippen LogP contribution in [0.15, 0.2) is 133 Å². The molecule has 0 radical (unpaired) electrons. The molecule has 2 aromatic heterocycles. The van der Waals surface area contributed by atoms with Crippen molar-refractivity contribution in [2.45, 2.75) is 44.2 Å². The van der Waals surface area contributed by atoms with Crippen molar-refractivity contribution >= 4 is 85.8 Å². The Balaban J connectivity index is 0.995. The summed E-state index contributed by atoms with van der Waals surface area (Å²) in [5.41, 5.74) is 7.54. The van der Waals surface area contributed by atoms with Gasteiger partial charge in [-0.2, -0.15) is 0 Å². The molecule has 49 heavy (non-hydrogen) atoms. The first-order chi connectivity index (χ1) is 24.2. The molecule has 4 heteroatoms. The van der Waals surface area contributed by atoms with Crippen LogP contribution < -0.4 is 9.80 Å². The van der Waals surface area contributed by atoms with Gasteiger partial charge < -0.3 is 9.80 Å². The molecule has 4 fully saturated rings. The zero-order chi connectivity index (χ0) is 32.1. The van der Waals surface area contributed by atoms with E-state index in [0.29, 0.717) is 0 Å². The van der Waals surface area contributed by atoms with Crippen LogP contribution >= 0.6 is 22.7 Å². The highest BCUT2D eigenvalue weighted by molar-refractivity contribution is 7.26. The lowest BCUT2D eigenvalue weighted by molar-refractivity contribution is 0.0900. The number of anilines is 4. The van der Waals surface area contributed by atoms with Gasteiger partial charge in [-0.25, -0.2) is 0 Å². The molecule has 4 bridgehead atoms. The summed E-state index contributed by atoms with van der Waals surface area (Å²) >= 11 is 3.76. The zero-order valence-corrected chi connectivity index (χ0v) is 28.9. The molecule has 2 aliphatic heterocycles. The van der Waals surface area contributed by atoms with Crippen molar-refractivity contribution in [2.24, 2.45) is 11.8 Å². The number of nitrogens with zero attached hydrogens (tertiary/aromatic N) is 2. The minimum absolute atomic E-state index is 0.735. The molecule has 2 saturated carbocycles. The monoisotopic (exact) mass is 668 g/mol. The van der Waals surface area contributed by atoms with Gasteiger partial charge in [0.15, 0.2) is 0 Å². The molecule has 8 aromatic rings. The molecular weight excluding hydrogens is 633 g/mol. The summed E-state index contributed by atoms with van der Waals surface area (Å²) < 4.78 is 5.31. The highest BCUT2D eigenvalue weighted by Crippen LogP contribution is 2.51. The van der Waals surface area contributed by atoms with Crippen molar-refractivity contribution in [3.05, 3.63) is 133 Å². The van der Waals surface area contributed by atoms with E-state index < -0.39 is 0 Å². The molecule has 0 unspecified atom stereocenters. The van der Waals surface area contributed by atoms with Gasteiger partial charge in [0.2, 0.25) is 0 Å². The number of benzene rings is 6. The number of fused-ring (bicyclic) bond motifs is 6. The van der Waals surface area contributed by atoms with E-state index in [-0.39, 0.29) is 0 Å². The summed E-state index contributed by atoms with van der Waals surface area (Å²) in [4.78, 5) is 5.24. The van der Waals surface area contributed by atoms with E-state index in [1.54, 1.807) is 0 Å². The predicted octanol–water partition coefficient (Wildman–Crippen LogP) is 13.3. The fraction of sp³-hybridized carbons (Fsp3) is 0.200. The number of rotatable bonds is 5. The Morgan fingerprint density at radius 3 is 1.55 bits per heavy atom. The first kappa shape index (κ1) is 28.2. The van der Waals surface area contributed by atoms with E-state index in [9.17, 15) is 0 Å². The molecule has 6 aromatic carbocycles. The second-order valence-electron chi connectivity index (χ2n) is 14.6. The quantitative estimate of drug-likeness (QED) is 0.180. The fourth-order valence-corrected chi connectivity index (χ4v) is 12.0. The Morgan fingerprint density at radius 1 is 0.429 bits per heavy atom. The van der Waals surface area contributed by atoms with Gasteiger partial charge in [0.05, 0.1) is 0 Å². The van der Waals surface area contributed by atoms with Gasteiger partial charge in [-0.1, -0.05) is 72.8 Å². The summed E-state index contributed by atoms with van der Waals surface area (Å²) in [5, 5.41) is 5.33. The Hall–Kier alpha value is -4.64. The van der Waals surface area contributed by atoms with Gasteiger partial charge in [0, 0.05) is 75.2 Å². The molecule has 238 valence electrons. The lowest BCUT2D eigenvalue weighted by Crippen LogP contribution is -2.58. The molecule has 0 N–H and O–H groups in total. The third kappa shape index (κ3) is 4.57. The Kier molecular flexibility index (Phi) is 6.30. The topological polar surface area (TPSA) is 6.48 Å². The van der Waals surface area contributed by atoms with Crippen molar-refractivity contribution in [1.29, 1.82) is 0 Å². The minimum Gasteiger partial charge on any atom is -0.366 e. The van der Waals surface area contributed by atoms with Crippen LogP contribution in [0.3, 0.4) is 0 Å². The molecule has 0 spiro atoms. The Morgan fingerprint density at radius 2 is 0.959 bits per heavy atom. The maximum Gasteiger partial charge on any atom is 0.0476 e. The van der Waals surface area contributed by atoms with Crippen LogP contribution in [0.5, 0.6) is 0 Å². The molecule has 2 saturated heterocycles. The van der Waals surface area contributed by atoms with Crippen LogP contribution in [0.1, 0.15) is 32.1 Å². The number of piperidine rings is 2. The third-order valence-electron chi connectivity index (χ3n) is 11.7. The lowest BCUT2D eigenvalue weighted by Gasteiger charge is -2.57. The Labute approximate surface area is 294 Å². The van der Waals surface area contributed by atoms with E-state index >= 15 is 0 Å². The fourth-order valence-electron chi connectivity index (χ4n) is 9.76. The van der Waals surface area contributed by atoms with E-state index in [1.165, 1.54) is 106 Å². The normalized spacial score (nSPS) is 21.4. The van der Waals surface area contributed by atoms with E-state index in [0.717, 1.165) is 23.9 Å². The SMILES string of the molecule is c1cc(-c2ccc(N(c3ccc4c(c3)sc3ccccc34)c3ccc4c(c3)sc3ccccc34)cc2)cc(N2C3CC4CC(C3)CC2C4)c1. The van der Waals surface area contributed by atoms with E-state index in [1.807, 2.05) is 22.7 Å². The van der Waals surface area contributed by atoms with Crippen LogP contribution in [0.4, 0.5) is 22.7 Å². The van der Waals surface area contributed by atoms with Gasteiger partial charge in [0.25, 0.3) is 0 Å². The molecule has 4 aliphatic rings. The van der Waals surface area contributed by atoms with Crippen molar-refractivity contribution in [3.63, 3.8) is 0 Å². The lowest BCUT2D eigenvalue weighted by atomic mass is 9.63. The maximum absolute atomic E-state index is 2.81. The van der Waals surface area contributed by atoms with Crippen LogP contribution in [0.25, 0.3) is 51.5 Å². The highest BCUT2D eigenvalue weighted by Gasteiger charge is 2.46. The zero-order valence-electron chi connectivity index (χ0n) is 27.3. The first-order valence-electron chi connectivity index (χ1n) is 17.8. The van der Waals surface area contributed by atoms with Gasteiger partial charge in [-0.05, 0) is 116 Å². The Bertz CT molecular complexity index is 2400. The van der Waals surface area contributed by atoms with Gasteiger partial charge in [-0.15, -0.1) is 22.7 Å². The third-order valence-corrected chi connectivity index (χ3v) is 14.0. The molecule has 2 nitrogen and oxygen atoms in total. The summed E-state index contributed by atoms with van der Waals surface area (Å²) in [6.45, 7) is 0. The van der Waals surface area contributed by atoms with Crippen molar-refractivity contribution in [3.8, 4) is 11.1 Å². The summed E-state index contributed by atoms with van der Waals surface area (Å²) in [6, 6.07) is 51.6. The molecule has 0 amide bonds. The summed E-state index contributed by atoms with van der Waals surface area (Å²) in [5.74, 6) is 1.94. The largest absolute Gasteiger partial charge is 0.366 e. The molecule has 0 atom stereocenters. The molecular formula is C45H36N2S2. The van der Waals surface area contributed by atoms with Crippen molar-refractivity contribution in [2.75, 3.05) is 9.80 Å². The van der Waals surface area contributed by atoms with Crippen molar-refractivity contribution < 1.29 is 0 Å². The number of thiophene rings is 2. The number of hydrogen-bond acceptors (Lipinski definition) is 4. The standard InChI is InChI=1S/C45H36N2S2/c1-3-10-42-38(8-1)40-18-16-34(26-44(40)48-42)46(35-17-19-41-39-9-2-4-11-43(39)49-45(41)27-35)32-14-12-30(13-15-32)31-6-5-7-33(25-31)47-36-21-28-20-29(23-36)24-37(47)22-28/h1-19,25-29,36-37H,20-24H2. The van der Waals surface area contributed by atoms with Gasteiger partial charge >= 0.3 is 0 Å². The van der Waals surface area contributed by atoms with E-state index in [4.69, 9.17) is 0 Å². The predicted molar refractivity (Wildman–Crippen MR) is 212 cm³/mol. The van der Waals surface area contributed by atoms with Crippen LogP contribution in [0, 0.1) is 11.8 Å². The van der Waals surface area contributed by atoms with Crippen LogP contribution in [0.2, 0.25) is 0 Å². The van der Waals surface area contributed by atoms with Gasteiger partial charge in [-0.3, -0.25) is 0 Å². The smallest absolute Gasteiger partial charge is 0.0476 e. The molecule has 12 rings (SSSR count). The highest BCUT2D eigenvalue weighted by atomic mass is 32.1. The molecule has 2 aliphatic carbocycles. The maximum atomic E-state index is 2.81. The first-order valence-corrected chi connectivity index (χ1v) is 19.5. The van der Waals surface area contributed by atoms with Crippen LogP contribution in [-0.4, -0.2) is 12.1 Å². The van der Waals surface area contributed by atoms with Crippen LogP contribution in [-0.2, 0) is 0 Å². The minimum atomic E-state index is 0.735. The average Bonchev–Trinajstić information content (AvgIpc) is 3.69. The van der Waals surface area contributed by atoms with Gasteiger partial charge in [0.1, 0.15) is 0 Å².